The predicted octanol–water partition coefficient (Wildman–Crippen LogP) is 4.66. The van der Waals surface area contributed by atoms with E-state index in [0.29, 0.717) is 19.0 Å². The average molecular weight is 582 g/mol. The molecule has 0 aliphatic carbocycles. The second-order valence-corrected chi connectivity index (χ2v) is 11.9. The maximum atomic E-state index is 13.2. The summed E-state index contributed by atoms with van der Waals surface area (Å²) in [5, 5.41) is 5.86. The first-order valence-corrected chi connectivity index (χ1v) is 14.0. The highest BCUT2D eigenvalue weighted by Crippen LogP contribution is 2.35. The van der Waals surface area contributed by atoms with Gasteiger partial charge in [-0.15, -0.1) is 13.2 Å². The fourth-order valence-corrected chi connectivity index (χ4v) is 5.85. The van der Waals surface area contributed by atoms with E-state index in [1.807, 2.05) is 11.9 Å². The van der Waals surface area contributed by atoms with Crippen LogP contribution in [0.5, 0.6) is 5.75 Å². The van der Waals surface area contributed by atoms with Gasteiger partial charge >= 0.3 is 6.36 Å². The summed E-state index contributed by atoms with van der Waals surface area (Å²) in [5.41, 5.74) is 0.221. The van der Waals surface area contributed by atoms with E-state index in [9.17, 15) is 26.4 Å². The van der Waals surface area contributed by atoms with E-state index in [1.54, 1.807) is 0 Å². The minimum Gasteiger partial charge on any atom is -0.405 e. The van der Waals surface area contributed by atoms with E-state index in [1.165, 1.54) is 31.2 Å². The van der Waals surface area contributed by atoms with Crippen molar-refractivity contribution in [1.82, 2.24) is 15.5 Å². The van der Waals surface area contributed by atoms with Crippen LogP contribution in [-0.4, -0.2) is 58.0 Å². The molecule has 0 bridgehead atoms. The van der Waals surface area contributed by atoms with Crippen molar-refractivity contribution < 1.29 is 31.1 Å². The second-order valence-electron chi connectivity index (χ2n) is 8.77. The van der Waals surface area contributed by atoms with Crippen molar-refractivity contribution in [3.8, 4) is 5.75 Å². The van der Waals surface area contributed by atoms with E-state index in [4.69, 9.17) is 23.2 Å². The third-order valence-electron chi connectivity index (χ3n) is 6.06. The second kappa shape index (κ2) is 12.2. The summed E-state index contributed by atoms with van der Waals surface area (Å²) in [6, 6.07) is 6.46. The van der Waals surface area contributed by atoms with Gasteiger partial charge in [0, 0.05) is 40.8 Å². The largest absolute Gasteiger partial charge is 0.573 e. The third-order valence-corrected chi connectivity index (χ3v) is 8.46. The van der Waals surface area contributed by atoms with Gasteiger partial charge in [-0.1, -0.05) is 30.1 Å². The fraction of sp³-hybridized carbons (Fsp3) is 0.458. The molecule has 0 saturated carbocycles. The van der Waals surface area contributed by atoms with Gasteiger partial charge in [-0.05, 0) is 68.4 Å². The Bertz CT molecular complexity index is 1240. The lowest BCUT2D eigenvalue weighted by Crippen LogP contribution is -2.27. The maximum Gasteiger partial charge on any atom is 0.573 e. The number of hydrogen-bond acceptors (Lipinski definition) is 6. The molecule has 1 atom stereocenters. The molecule has 0 spiro atoms. The standard InChI is InChI=1S/C24H28Cl2F3N3O4S/c1-3-37(34,35)22-5-4-18(25)8-17(22)12-31-23(33)16-9-20(26)19(21(10-16)36-24(27,28)29)14-32-7-6-15(13-32)11-30-2/h4-5,8-10,15,30H,3,6-7,11-14H2,1-2H3,(H,31,33)/t15-/m0/s1. The SMILES string of the molecule is CCS(=O)(=O)c1ccc(Cl)cc1CNC(=O)c1cc(Cl)c(CN2CC[C@@H](CNC)C2)c(OC(F)(F)F)c1. The number of amides is 1. The molecule has 0 unspecified atom stereocenters. The predicted molar refractivity (Wildman–Crippen MR) is 136 cm³/mol. The lowest BCUT2D eigenvalue weighted by molar-refractivity contribution is -0.275. The Kier molecular flexibility index (Phi) is 9.73. The van der Waals surface area contributed by atoms with Crippen LogP contribution in [0.3, 0.4) is 0 Å². The summed E-state index contributed by atoms with van der Waals surface area (Å²) in [4.78, 5) is 14.9. The molecule has 1 aliphatic heterocycles. The number of rotatable bonds is 10. The number of halogens is 5. The Balaban J connectivity index is 1.84. The van der Waals surface area contributed by atoms with Gasteiger partial charge in [0.25, 0.3) is 5.91 Å². The minimum absolute atomic E-state index is 0.0105. The first-order chi connectivity index (χ1) is 17.3. The van der Waals surface area contributed by atoms with Gasteiger partial charge < -0.3 is 15.4 Å². The molecule has 1 aliphatic rings. The van der Waals surface area contributed by atoms with Gasteiger partial charge in [0.2, 0.25) is 0 Å². The van der Waals surface area contributed by atoms with Crippen molar-refractivity contribution in [1.29, 1.82) is 0 Å². The van der Waals surface area contributed by atoms with Gasteiger partial charge in [-0.3, -0.25) is 9.69 Å². The molecule has 2 aromatic rings. The van der Waals surface area contributed by atoms with E-state index >= 15 is 0 Å². The van der Waals surface area contributed by atoms with Crippen LogP contribution >= 0.6 is 23.2 Å². The highest BCUT2D eigenvalue weighted by Gasteiger charge is 2.34. The van der Waals surface area contributed by atoms with Crippen molar-refractivity contribution in [3.05, 3.63) is 57.1 Å². The highest BCUT2D eigenvalue weighted by molar-refractivity contribution is 7.91. The first kappa shape index (κ1) is 29.5. The number of carbonyl (C=O) groups is 1. The van der Waals surface area contributed by atoms with E-state index in [-0.39, 0.29) is 50.5 Å². The maximum absolute atomic E-state index is 13.2. The first-order valence-electron chi connectivity index (χ1n) is 11.6. The van der Waals surface area contributed by atoms with Crippen LogP contribution in [-0.2, 0) is 22.9 Å². The average Bonchev–Trinajstić information content (AvgIpc) is 3.25. The topological polar surface area (TPSA) is 87.7 Å². The molecule has 204 valence electrons. The lowest BCUT2D eigenvalue weighted by atomic mass is 10.1. The van der Waals surface area contributed by atoms with E-state index in [0.717, 1.165) is 19.0 Å². The third kappa shape index (κ3) is 7.97. The summed E-state index contributed by atoms with van der Waals surface area (Å²) >= 11 is 12.4. The number of likely N-dealkylation sites (tertiary alicyclic amines) is 1. The van der Waals surface area contributed by atoms with Gasteiger partial charge in [0.05, 0.1) is 10.6 Å². The summed E-state index contributed by atoms with van der Waals surface area (Å²) < 4.78 is 68.7. The zero-order valence-corrected chi connectivity index (χ0v) is 22.6. The summed E-state index contributed by atoms with van der Waals surface area (Å²) in [7, 11) is -1.76. The Morgan fingerprint density at radius 1 is 1.22 bits per heavy atom. The molecule has 3 rings (SSSR count). The van der Waals surface area contributed by atoms with Gasteiger partial charge in [0.1, 0.15) is 5.75 Å². The quantitative estimate of drug-likeness (QED) is 0.424. The van der Waals surface area contributed by atoms with E-state index < -0.39 is 27.9 Å². The molecule has 1 saturated heterocycles. The van der Waals surface area contributed by atoms with Crippen LogP contribution in [0.4, 0.5) is 13.2 Å². The van der Waals surface area contributed by atoms with Gasteiger partial charge in [-0.25, -0.2) is 8.42 Å². The highest BCUT2D eigenvalue weighted by atomic mass is 35.5. The van der Waals surface area contributed by atoms with Crippen molar-refractivity contribution >= 4 is 38.9 Å². The molecule has 1 fully saturated rings. The van der Waals surface area contributed by atoms with Crippen LogP contribution in [0, 0.1) is 5.92 Å². The monoisotopic (exact) mass is 581 g/mol. The number of carbonyl (C=O) groups excluding carboxylic acids is 1. The molecular formula is C24H28Cl2F3N3O4S. The molecular weight excluding hydrogens is 554 g/mol. The molecule has 13 heteroatoms. The summed E-state index contributed by atoms with van der Waals surface area (Å²) in [5.74, 6) is -1.10. The molecule has 37 heavy (non-hydrogen) atoms. The van der Waals surface area contributed by atoms with Crippen LogP contribution in [0.2, 0.25) is 10.0 Å². The van der Waals surface area contributed by atoms with Crippen molar-refractivity contribution in [2.45, 2.75) is 37.7 Å². The van der Waals surface area contributed by atoms with E-state index in [2.05, 4.69) is 15.4 Å². The Morgan fingerprint density at radius 2 is 1.95 bits per heavy atom. The number of sulfone groups is 1. The number of ether oxygens (including phenoxy) is 1. The molecule has 7 nitrogen and oxygen atoms in total. The van der Waals surface area contributed by atoms with Crippen LogP contribution < -0.4 is 15.4 Å². The van der Waals surface area contributed by atoms with Crippen LogP contribution in [0.1, 0.15) is 34.8 Å². The van der Waals surface area contributed by atoms with Crippen LogP contribution in [0.25, 0.3) is 0 Å². The van der Waals surface area contributed by atoms with Crippen LogP contribution in [0.15, 0.2) is 35.2 Å². The number of benzene rings is 2. The van der Waals surface area contributed by atoms with Gasteiger partial charge in [0.15, 0.2) is 9.84 Å². The minimum atomic E-state index is -4.99. The number of nitrogens with one attached hydrogen (secondary N) is 2. The smallest absolute Gasteiger partial charge is 0.405 e. The molecule has 0 aromatic heterocycles. The zero-order valence-electron chi connectivity index (χ0n) is 20.3. The lowest BCUT2D eigenvalue weighted by Gasteiger charge is -2.21. The normalized spacial score (nSPS) is 16.7. The number of alkyl halides is 3. The summed E-state index contributed by atoms with van der Waals surface area (Å²) in [6.45, 7) is 3.58. The van der Waals surface area contributed by atoms with Crippen molar-refractivity contribution in [2.75, 3.05) is 32.4 Å². The Hall–Kier alpha value is -2.05. The Morgan fingerprint density at radius 3 is 2.59 bits per heavy atom. The molecule has 0 radical (unpaired) electrons. The molecule has 2 aromatic carbocycles. The number of hydrogen-bond donors (Lipinski definition) is 2. The molecule has 1 heterocycles. The Labute approximate surface area is 224 Å². The summed E-state index contributed by atoms with van der Waals surface area (Å²) in [6.07, 6.45) is -4.09. The van der Waals surface area contributed by atoms with Gasteiger partial charge in [-0.2, -0.15) is 0 Å². The molecule has 1 amide bonds. The van der Waals surface area contributed by atoms with Crippen molar-refractivity contribution in [3.63, 3.8) is 0 Å². The zero-order chi connectivity index (χ0) is 27.4. The number of nitrogens with zero attached hydrogens (tertiary/aromatic N) is 1. The molecule has 2 N–H and O–H groups in total. The van der Waals surface area contributed by atoms with Crippen molar-refractivity contribution in [2.24, 2.45) is 5.92 Å². The fourth-order valence-electron chi connectivity index (χ4n) is 4.27.